The fourth-order valence-electron chi connectivity index (χ4n) is 1.72. The maximum Gasteiger partial charge on any atom is 0.258 e. The lowest BCUT2D eigenvalue weighted by Gasteiger charge is -2.12. The molecule has 0 aliphatic heterocycles. The van der Waals surface area contributed by atoms with Gasteiger partial charge in [-0.3, -0.25) is 10.1 Å². The van der Waals surface area contributed by atoms with Gasteiger partial charge in [0.05, 0.1) is 10.5 Å². The molecule has 0 unspecified atom stereocenters. The molecule has 1 aromatic heterocycles. The minimum Gasteiger partial charge on any atom is -0.296 e. The number of hydrogen-bond donors (Lipinski definition) is 1. The molecular formula is C14H17N3O3S2. The summed E-state index contributed by atoms with van der Waals surface area (Å²) in [6.07, 6.45) is 1.07. The van der Waals surface area contributed by atoms with E-state index in [9.17, 15) is 13.2 Å². The normalized spacial score (nSPS) is 12.2. The molecule has 0 fully saturated rings. The van der Waals surface area contributed by atoms with Crippen LogP contribution < -0.4 is 5.32 Å². The van der Waals surface area contributed by atoms with E-state index in [1.54, 1.807) is 12.1 Å². The van der Waals surface area contributed by atoms with Crippen molar-refractivity contribution in [1.82, 2.24) is 10.2 Å². The summed E-state index contributed by atoms with van der Waals surface area (Å²) in [7, 11) is -3.48. The fourth-order valence-corrected chi connectivity index (χ4v) is 3.40. The zero-order valence-electron chi connectivity index (χ0n) is 12.7. The molecule has 0 spiro atoms. The largest absolute Gasteiger partial charge is 0.296 e. The summed E-state index contributed by atoms with van der Waals surface area (Å²) in [6.45, 7) is 5.99. The number of hydrogen-bond acceptors (Lipinski definition) is 6. The SMILES string of the molecule is CC(C)(C)c1nnc(NC(=O)c2ccccc2S(C)(=O)=O)s1. The monoisotopic (exact) mass is 339 g/mol. The maximum atomic E-state index is 12.3. The number of nitrogens with one attached hydrogen (secondary N) is 1. The molecule has 0 saturated carbocycles. The Labute approximate surface area is 133 Å². The van der Waals surface area contributed by atoms with E-state index in [1.807, 2.05) is 20.8 Å². The lowest BCUT2D eigenvalue weighted by Crippen LogP contribution is -2.15. The van der Waals surface area contributed by atoms with E-state index in [1.165, 1.54) is 23.5 Å². The van der Waals surface area contributed by atoms with Crippen LogP contribution in [0.5, 0.6) is 0 Å². The first-order valence-electron chi connectivity index (χ1n) is 6.53. The van der Waals surface area contributed by atoms with Crippen LogP contribution in [-0.4, -0.2) is 30.8 Å². The van der Waals surface area contributed by atoms with Crippen LogP contribution in [0.4, 0.5) is 5.13 Å². The molecule has 0 saturated heterocycles. The third-order valence-corrected chi connectivity index (χ3v) is 5.24. The lowest BCUT2D eigenvalue weighted by atomic mass is 9.98. The van der Waals surface area contributed by atoms with Crippen molar-refractivity contribution in [3.8, 4) is 0 Å². The highest BCUT2D eigenvalue weighted by atomic mass is 32.2. The molecule has 1 aromatic carbocycles. The van der Waals surface area contributed by atoms with Crippen LogP contribution in [0.15, 0.2) is 29.2 Å². The van der Waals surface area contributed by atoms with Crippen LogP contribution in [0.2, 0.25) is 0 Å². The summed E-state index contributed by atoms with van der Waals surface area (Å²) in [4.78, 5) is 12.3. The minimum atomic E-state index is -3.48. The van der Waals surface area contributed by atoms with Crippen molar-refractivity contribution >= 4 is 32.2 Å². The molecule has 8 heteroatoms. The van der Waals surface area contributed by atoms with E-state index in [2.05, 4.69) is 15.5 Å². The number of carbonyl (C=O) groups excluding carboxylic acids is 1. The molecule has 0 aliphatic rings. The number of benzene rings is 1. The van der Waals surface area contributed by atoms with Crippen molar-refractivity contribution in [3.05, 3.63) is 34.8 Å². The fraction of sp³-hybridized carbons (Fsp3) is 0.357. The Kier molecular flexibility index (Phi) is 4.35. The summed E-state index contributed by atoms with van der Waals surface area (Å²) in [5, 5.41) is 11.7. The first kappa shape index (κ1) is 16.6. The van der Waals surface area contributed by atoms with Crippen LogP contribution in [-0.2, 0) is 15.3 Å². The van der Waals surface area contributed by atoms with Crippen LogP contribution in [0, 0.1) is 0 Å². The van der Waals surface area contributed by atoms with E-state index in [-0.39, 0.29) is 15.9 Å². The van der Waals surface area contributed by atoms with E-state index >= 15 is 0 Å². The van der Waals surface area contributed by atoms with Gasteiger partial charge in [0.25, 0.3) is 5.91 Å². The zero-order chi connectivity index (χ0) is 16.5. The van der Waals surface area contributed by atoms with Gasteiger partial charge in [0.2, 0.25) is 5.13 Å². The quantitative estimate of drug-likeness (QED) is 0.928. The Bertz CT molecular complexity index is 805. The Morgan fingerprint density at radius 2 is 1.82 bits per heavy atom. The second-order valence-electron chi connectivity index (χ2n) is 5.88. The van der Waals surface area contributed by atoms with Crippen molar-refractivity contribution in [2.75, 3.05) is 11.6 Å². The second-order valence-corrected chi connectivity index (χ2v) is 8.85. The first-order valence-corrected chi connectivity index (χ1v) is 9.24. The first-order chi connectivity index (χ1) is 10.1. The molecule has 0 radical (unpaired) electrons. The van der Waals surface area contributed by atoms with Crippen LogP contribution in [0.1, 0.15) is 36.1 Å². The third-order valence-electron chi connectivity index (χ3n) is 2.82. The third kappa shape index (κ3) is 3.69. The minimum absolute atomic E-state index is 0.00643. The number of aromatic nitrogens is 2. The van der Waals surface area contributed by atoms with E-state index in [0.717, 1.165) is 11.3 Å². The molecule has 1 amide bonds. The Morgan fingerprint density at radius 1 is 1.18 bits per heavy atom. The topological polar surface area (TPSA) is 89.0 Å². The smallest absolute Gasteiger partial charge is 0.258 e. The average Bonchev–Trinajstić information content (AvgIpc) is 2.86. The van der Waals surface area contributed by atoms with Crippen molar-refractivity contribution in [3.63, 3.8) is 0 Å². The van der Waals surface area contributed by atoms with Gasteiger partial charge in [-0.05, 0) is 12.1 Å². The highest BCUT2D eigenvalue weighted by Gasteiger charge is 2.22. The molecule has 118 valence electrons. The van der Waals surface area contributed by atoms with Crippen molar-refractivity contribution in [1.29, 1.82) is 0 Å². The molecule has 6 nitrogen and oxygen atoms in total. The summed E-state index contributed by atoms with van der Waals surface area (Å²) in [6, 6.07) is 6.07. The number of nitrogens with zero attached hydrogens (tertiary/aromatic N) is 2. The summed E-state index contributed by atoms with van der Waals surface area (Å²) >= 11 is 1.27. The average molecular weight is 339 g/mol. The number of amides is 1. The second kappa shape index (κ2) is 5.77. The van der Waals surface area contributed by atoms with E-state index < -0.39 is 15.7 Å². The van der Waals surface area contributed by atoms with Gasteiger partial charge in [-0.1, -0.05) is 44.2 Å². The van der Waals surface area contributed by atoms with Crippen molar-refractivity contribution in [2.24, 2.45) is 0 Å². The predicted molar refractivity (Wildman–Crippen MR) is 86.1 cm³/mol. The Balaban J connectivity index is 2.29. The lowest BCUT2D eigenvalue weighted by molar-refractivity contribution is 0.102. The van der Waals surface area contributed by atoms with Crippen molar-refractivity contribution < 1.29 is 13.2 Å². The molecule has 0 bridgehead atoms. The predicted octanol–water partition coefficient (Wildman–Crippen LogP) is 2.49. The van der Waals surface area contributed by atoms with E-state index in [0.29, 0.717) is 5.13 Å². The van der Waals surface area contributed by atoms with Crippen molar-refractivity contribution in [2.45, 2.75) is 31.1 Å². The molecular weight excluding hydrogens is 322 g/mol. The zero-order valence-corrected chi connectivity index (χ0v) is 14.4. The Morgan fingerprint density at radius 3 is 2.36 bits per heavy atom. The van der Waals surface area contributed by atoms with Crippen LogP contribution >= 0.6 is 11.3 Å². The number of rotatable bonds is 3. The molecule has 1 N–H and O–H groups in total. The summed E-state index contributed by atoms with van der Waals surface area (Å²) in [5.74, 6) is -0.516. The van der Waals surface area contributed by atoms with Gasteiger partial charge in [0.1, 0.15) is 5.01 Å². The van der Waals surface area contributed by atoms with Gasteiger partial charge in [0.15, 0.2) is 9.84 Å². The molecule has 2 rings (SSSR count). The number of sulfone groups is 1. The van der Waals surface area contributed by atoms with Gasteiger partial charge in [-0.15, -0.1) is 10.2 Å². The van der Waals surface area contributed by atoms with Gasteiger partial charge in [-0.25, -0.2) is 8.42 Å². The highest BCUT2D eigenvalue weighted by Crippen LogP contribution is 2.28. The van der Waals surface area contributed by atoms with Crippen LogP contribution in [0.25, 0.3) is 0 Å². The standard InChI is InChI=1S/C14H17N3O3S2/c1-14(2,3)12-16-17-13(21-12)15-11(18)9-7-5-6-8-10(9)22(4,19)20/h5-8H,1-4H3,(H,15,17,18). The molecule has 0 atom stereocenters. The number of carbonyl (C=O) groups is 1. The van der Waals surface area contributed by atoms with E-state index in [4.69, 9.17) is 0 Å². The number of anilines is 1. The summed E-state index contributed by atoms with van der Waals surface area (Å²) < 4.78 is 23.5. The Hall–Kier alpha value is -1.80. The summed E-state index contributed by atoms with van der Waals surface area (Å²) in [5.41, 5.74) is -0.0665. The van der Waals surface area contributed by atoms with Gasteiger partial charge < -0.3 is 0 Å². The van der Waals surface area contributed by atoms with Gasteiger partial charge in [-0.2, -0.15) is 0 Å². The molecule has 2 aromatic rings. The van der Waals surface area contributed by atoms with Gasteiger partial charge >= 0.3 is 0 Å². The van der Waals surface area contributed by atoms with Gasteiger partial charge in [0, 0.05) is 11.7 Å². The molecule has 1 heterocycles. The van der Waals surface area contributed by atoms with Crippen LogP contribution in [0.3, 0.4) is 0 Å². The molecule has 0 aliphatic carbocycles. The molecule has 22 heavy (non-hydrogen) atoms. The maximum absolute atomic E-state index is 12.3. The highest BCUT2D eigenvalue weighted by molar-refractivity contribution is 7.90.